The first-order valence-corrected chi connectivity index (χ1v) is 6.63. The van der Waals surface area contributed by atoms with Crippen LogP contribution >= 0.6 is 0 Å². The third kappa shape index (κ3) is 6.40. The Labute approximate surface area is 110 Å². The first kappa shape index (κ1) is 14.7. The number of rotatable bonds is 8. The van der Waals surface area contributed by atoms with Crippen molar-refractivity contribution in [3.63, 3.8) is 0 Å². The number of benzene rings is 1. The van der Waals surface area contributed by atoms with Crippen LogP contribution in [0.2, 0.25) is 0 Å². The van der Waals surface area contributed by atoms with Crippen LogP contribution in [0.4, 0.5) is 0 Å². The van der Waals surface area contributed by atoms with E-state index >= 15 is 0 Å². The molecule has 1 rings (SSSR count). The molecule has 0 fully saturated rings. The fourth-order valence-corrected chi connectivity index (χ4v) is 1.73. The summed E-state index contributed by atoms with van der Waals surface area (Å²) in [5, 5.41) is 2.95. The molecule has 0 aliphatic heterocycles. The Balaban J connectivity index is 2.17. The van der Waals surface area contributed by atoms with Gasteiger partial charge in [0.15, 0.2) is 0 Å². The van der Waals surface area contributed by atoms with E-state index in [0.29, 0.717) is 6.61 Å². The molecular weight excluding hydrogens is 226 g/mol. The number of hydrogen-bond donors (Lipinski definition) is 1. The smallest absolute Gasteiger partial charge is 0.246 e. The number of carbonyl (C=O) groups is 1. The molecule has 0 radical (unpaired) electrons. The van der Waals surface area contributed by atoms with Gasteiger partial charge in [-0.2, -0.15) is 0 Å². The molecular formula is C15H23NO2. The highest BCUT2D eigenvalue weighted by molar-refractivity contribution is 5.77. The van der Waals surface area contributed by atoms with Crippen LogP contribution in [-0.4, -0.2) is 25.2 Å². The molecule has 100 valence electrons. The second kappa shape index (κ2) is 8.70. The highest BCUT2D eigenvalue weighted by Crippen LogP contribution is 2.04. The number of hydrogen-bond acceptors (Lipinski definition) is 2. The van der Waals surface area contributed by atoms with Gasteiger partial charge in [0.1, 0.15) is 6.61 Å². The third-order valence-electron chi connectivity index (χ3n) is 2.70. The molecule has 3 heteroatoms. The first-order valence-electron chi connectivity index (χ1n) is 6.63. The van der Waals surface area contributed by atoms with E-state index in [1.807, 2.05) is 32.0 Å². The van der Waals surface area contributed by atoms with Gasteiger partial charge >= 0.3 is 0 Å². The Morgan fingerprint density at radius 1 is 1.33 bits per heavy atom. The zero-order valence-corrected chi connectivity index (χ0v) is 11.3. The molecule has 3 nitrogen and oxygen atoms in total. The average Bonchev–Trinajstić information content (AvgIpc) is 2.38. The molecule has 0 aliphatic carbocycles. The van der Waals surface area contributed by atoms with Gasteiger partial charge in [-0.05, 0) is 31.7 Å². The van der Waals surface area contributed by atoms with E-state index in [1.165, 1.54) is 5.56 Å². The Morgan fingerprint density at radius 3 is 2.72 bits per heavy atom. The zero-order valence-electron chi connectivity index (χ0n) is 11.3. The van der Waals surface area contributed by atoms with E-state index in [2.05, 4.69) is 17.4 Å². The highest BCUT2D eigenvalue weighted by atomic mass is 16.5. The summed E-state index contributed by atoms with van der Waals surface area (Å²) in [5.41, 5.74) is 1.31. The summed E-state index contributed by atoms with van der Waals surface area (Å²) in [4.78, 5) is 11.5. The van der Waals surface area contributed by atoms with Gasteiger partial charge in [-0.25, -0.2) is 0 Å². The van der Waals surface area contributed by atoms with E-state index in [9.17, 15) is 4.79 Å². The van der Waals surface area contributed by atoms with Gasteiger partial charge in [0.05, 0.1) is 0 Å². The van der Waals surface area contributed by atoms with Gasteiger partial charge in [0, 0.05) is 12.6 Å². The summed E-state index contributed by atoms with van der Waals surface area (Å²) in [6.45, 7) is 4.87. The van der Waals surface area contributed by atoms with E-state index in [4.69, 9.17) is 4.74 Å². The summed E-state index contributed by atoms with van der Waals surface area (Å²) in [6, 6.07) is 10.5. The van der Waals surface area contributed by atoms with E-state index in [1.54, 1.807) is 0 Å². The highest BCUT2D eigenvalue weighted by Gasteiger charge is 2.07. The van der Waals surface area contributed by atoms with Gasteiger partial charge in [-0.3, -0.25) is 4.79 Å². The van der Waals surface area contributed by atoms with Crippen molar-refractivity contribution in [1.29, 1.82) is 0 Å². The molecule has 1 aromatic rings. The minimum Gasteiger partial charge on any atom is -0.372 e. The van der Waals surface area contributed by atoms with Crippen molar-refractivity contribution < 1.29 is 9.53 Å². The molecule has 1 amide bonds. The molecule has 1 atom stereocenters. The van der Waals surface area contributed by atoms with Crippen molar-refractivity contribution in [3.8, 4) is 0 Å². The van der Waals surface area contributed by atoms with Crippen molar-refractivity contribution in [2.75, 3.05) is 13.2 Å². The quantitative estimate of drug-likeness (QED) is 0.719. The molecule has 1 aromatic carbocycles. The van der Waals surface area contributed by atoms with Crippen LogP contribution in [0.3, 0.4) is 0 Å². The number of amides is 1. The fourth-order valence-electron chi connectivity index (χ4n) is 1.73. The summed E-state index contributed by atoms with van der Waals surface area (Å²) < 4.78 is 5.20. The minimum absolute atomic E-state index is 0.0241. The van der Waals surface area contributed by atoms with Gasteiger partial charge in [0.25, 0.3) is 0 Å². The van der Waals surface area contributed by atoms with Crippen LogP contribution in [0.5, 0.6) is 0 Å². The van der Waals surface area contributed by atoms with Crippen LogP contribution in [0.15, 0.2) is 30.3 Å². The van der Waals surface area contributed by atoms with Crippen molar-refractivity contribution in [2.45, 2.75) is 39.2 Å². The van der Waals surface area contributed by atoms with Crippen molar-refractivity contribution in [1.82, 2.24) is 5.32 Å². The summed E-state index contributed by atoms with van der Waals surface area (Å²) >= 11 is 0. The monoisotopic (exact) mass is 249 g/mol. The molecule has 0 aliphatic rings. The lowest BCUT2D eigenvalue weighted by Crippen LogP contribution is -2.35. The molecule has 0 heterocycles. The van der Waals surface area contributed by atoms with Crippen LogP contribution in [0.25, 0.3) is 0 Å². The van der Waals surface area contributed by atoms with E-state index in [-0.39, 0.29) is 18.6 Å². The first-order chi connectivity index (χ1) is 8.72. The van der Waals surface area contributed by atoms with E-state index < -0.39 is 0 Å². The van der Waals surface area contributed by atoms with Crippen molar-refractivity contribution >= 4 is 5.91 Å². The molecule has 0 bridgehead atoms. The SMILES string of the molecule is CCCOCC(=O)NC(C)CCc1ccccc1. The van der Waals surface area contributed by atoms with Crippen LogP contribution in [0.1, 0.15) is 32.3 Å². The largest absolute Gasteiger partial charge is 0.372 e. The van der Waals surface area contributed by atoms with Gasteiger partial charge in [0.2, 0.25) is 5.91 Å². The van der Waals surface area contributed by atoms with Crippen molar-refractivity contribution in [2.24, 2.45) is 0 Å². The molecule has 0 spiro atoms. The van der Waals surface area contributed by atoms with Crippen LogP contribution in [-0.2, 0) is 16.0 Å². The summed E-state index contributed by atoms with van der Waals surface area (Å²) in [5.74, 6) is -0.0241. The standard InChI is InChI=1S/C15H23NO2/c1-3-11-18-12-15(17)16-13(2)9-10-14-7-5-4-6-8-14/h4-8,13H,3,9-12H2,1-2H3,(H,16,17). The fraction of sp³-hybridized carbons (Fsp3) is 0.533. The average molecular weight is 249 g/mol. The lowest BCUT2D eigenvalue weighted by atomic mass is 10.1. The predicted molar refractivity (Wildman–Crippen MR) is 73.5 cm³/mol. The van der Waals surface area contributed by atoms with Gasteiger partial charge in [-0.15, -0.1) is 0 Å². The second-order valence-corrected chi connectivity index (χ2v) is 4.55. The number of ether oxygens (including phenoxy) is 1. The lowest BCUT2D eigenvalue weighted by Gasteiger charge is -2.13. The maximum atomic E-state index is 11.5. The maximum absolute atomic E-state index is 11.5. The number of carbonyl (C=O) groups excluding carboxylic acids is 1. The number of aryl methyl sites for hydroxylation is 1. The Bertz CT molecular complexity index is 338. The Morgan fingerprint density at radius 2 is 2.06 bits per heavy atom. The van der Waals surface area contributed by atoms with Crippen LogP contribution in [0, 0.1) is 0 Å². The molecule has 1 N–H and O–H groups in total. The van der Waals surface area contributed by atoms with Crippen molar-refractivity contribution in [3.05, 3.63) is 35.9 Å². The second-order valence-electron chi connectivity index (χ2n) is 4.55. The normalized spacial score (nSPS) is 12.1. The lowest BCUT2D eigenvalue weighted by molar-refractivity contribution is -0.126. The molecule has 1 unspecified atom stereocenters. The topological polar surface area (TPSA) is 38.3 Å². The van der Waals surface area contributed by atoms with Crippen LogP contribution < -0.4 is 5.32 Å². The maximum Gasteiger partial charge on any atom is 0.246 e. The molecule has 0 saturated carbocycles. The van der Waals surface area contributed by atoms with E-state index in [0.717, 1.165) is 19.3 Å². The number of nitrogens with one attached hydrogen (secondary N) is 1. The van der Waals surface area contributed by atoms with Gasteiger partial charge < -0.3 is 10.1 Å². The Hall–Kier alpha value is -1.35. The molecule has 0 saturated heterocycles. The van der Waals surface area contributed by atoms with Gasteiger partial charge in [-0.1, -0.05) is 37.3 Å². The molecule has 0 aromatic heterocycles. The molecule has 18 heavy (non-hydrogen) atoms. The minimum atomic E-state index is -0.0241. The summed E-state index contributed by atoms with van der Waals surface area (Å²) in [7, 11) is 0. The summed E-state index contributed by atoms with van der Waals surface area (Å²) in [6.07, 6.45) is 2.87. The predicted octanol–water partition coefficient (Wildman–Crippen LogP) is 2.55. The Kier molecular flexibility index (Phi) is 7.11. The zero-order chi connectivity index (χ0) is 13.2. The third-order valence-corrected chi connectivity index (χ3v) is 2.70.